The highest BCUT2D eigenvalue weighted by Gasteiger charge is 2.30. The van der Waals surface area contributed by atoms with Crippen LogP contribution in [0.1, 0.15) is 34.8 Å². The van der Waals surface area contributed by atoms with E-state index in [9.17, 15) is 19.2 Å². The van der Waals surface area contributed by atoms with Crippen LogP contribution in [0.25, 0.3) is 0 Å². The summed E-state index contributed by atoms with van der Waals surface area (Å²) in [6.07, 6.45) is 0.905. The van der Waals surface area contributed by atoms with Gasteiger partial charge in [0, 0.05) is 36.2 Å². The molecule has 3 rings (SSSR count). The van der Waals surface area contributed by atoms with Gasteiger partial charge in [-0.3, -0.25) is 9.59 Å². The molecule has 0 aromatic heterocycles. The number of hydrogen-bond donors (Lipinski definition) is 1. The van der Waals surface area contributed by atoms with Crippen molar-refractivity contribution in [2.24, 2.45) is 5.92 Å². The topological polar surface area (TPSA) is 91.7 Å². The van der Waals surface area contributed by atoms with E-state index in [1.54, 1.807) is 29.2 Å². The molecule has 2 aromatic carbocycles. The third-order valence-electron chi connectivity index (χ3n) is 5.38. The van der Waals surface area contributed by atoms with E-state index in [0.29, 0.717) is 43.0 Å². The number of piperidine rings is 1. The number of likely N-dealkylation sites (tertiary alicyclic amines) is 1. The number of nitriles is 1. The van der Waals surface area contributed by atoms with Crippen molar-refractivity contribution in [2.45, 2.75) is 18.9 Å². The summed E-state index contributed by atoms with van der Waals surface area (Å²) in [5.41, 5.74) is 0.584. The van der Waals surface area contributed by atoms with Gasteiger partial charge in [0.15, 0.2) is 0 Å². The van der Waals surface area contributed by atoms with Gasteiger partial charge in [-0.25, -0.2) is 4.39 Å². The maximum atomic E-state index is 14.0. The van der Waals surface area contributed by atoms with Crippen LogP contribution in [0.4, 0.5) is 4.39 Å². The Bertz CT molecular complexity index is 974. The lowest BCUT2D eigenvalue weighted by molar-refractivity contribution is -0.126. The molecule has 1 unspecified atom stereocenters. The van der Waals surface area contributed by atoms with Gasteiger partial charge in [0.2, 0.25) is 5.91 Å². The molecule has 1 fully saturated rings. The Kier molecular flexibility index (Phi) is 7.08. The number of rotatable bonds is 6. The first-order valence-corrected chi connectivity index (χ1v) is 9.93. The van der Waals surface area contributed by atoms with Gasteiger partial charge >= 0.3 is 0 Å². The molecule has 162 valence electrons. The lowest BCUT2D eigenvalue weighted by atomic mass is 9.94. The Labute approximate surface area is 180 Å². The van der Waals surface area contributed by atoms with Crippen molar-refractivity contribution in [1.82, 2.24) is 10.2 Å². The number of carbonyl (C=O) groups is 2. The number of carbonyl (C=O) groups excluding carboxylic acids is 2. The van der Waals surface area contributed by atoms with Crippen LogP contribution < -0.4 is 14.8 Å². The van der Waals surface area contributed by atoms with Gasteiger partial charge in [0.1, 0.15) is 23.4 Å². The minimum atomic E-state index is -1.06. The van der Waals surface area contributed by atoms with Crippen LogP contribution >= 0.6 is 0 Å². The summed E-state index contributed by atoms with van der Waals surface area (Å²) in [5.74, 6) is -0.336. The molecule has 1 heterocycles. The van der Waals surface area contributed by atoms with Gasteiger partial charge in [-0.1, -0.05) is 18.2 Å². The molecule has 2 aromatic rings. The lowest BCUT2D eigenvalue weighted by Crippen LogP contribution is -2.43. The molecule has 7 nitrogen and oxygen atoms in total. The number of amides is 2. The van der Waals surface area contributed by atoms with E-state index < -0.39 is 11.9 Å². The van der Waals surface area contributed by atoms with Gasteiger partial charge < -0.3 is 19.7 Å². The number of ether oxygens (including phenoxy) is 2. The SMILES string of the molecule is COc1cc(OC)cc(C(=O)N2CCC(C(=O)NC(C#N)c3ccccc3F)CC2)c1. The van der Waals surface area contributed by atoms with Gasteiger partial charge in [-0.15, -0.1) is 0 Å². The summed E-state index contributed by atoms with van der Waals surface area (Å²) in [6.45, 7) is 0.792. The Morgan fingerprint density at radius 3 is 2.29 bits per heavy atom. The number of nitrogens with one attached hydrogen (secondary N) is 1. The molecule has 8 heteroatoms. The highest BCUT2D eigenvalue weighted by molar-refractivity contribution is 5.95. The van der Waals surface area contributed by atoms with Gasteiger partial charge in [-0.2, -0.15) is 5.26 Å². The van der Waals surface area contributed by atoms with E-state index in [1.807, 2.05) is 6.07 Å². The number of nitrogens with zero attached hydrogens (tertiary/aromatic N) is 2. The predicted octanol–water partition coefficient (Wildman–Crippen LogP) is 3.08. The maximum absolute atomic E-state index is 14.0. The molecule has 1 aliphatic rings. The third kappa shape index (κ3) is 5.12. The summed E-state index contributed by atoms with van der Waals surface area (Å²) in [6, 6.07) is 11.7. The van der Waals surface area contributed by atoms with Crippen molar-refractivity contribution in [1.29, 1.82) is 5.26 Å². The molecule has 2 amide bonds. The fourth-order valence-electron chi connectivity index (χ4n) is 3.61. The minimum Gasteiger partial charge on any atom is -0.497 e. The first-order valence-electron chi connectivity index (χ1n) is 9.93. The van der Waals surface area contributed by atoms with Crippen LogP contribution in [-0.4, -0.2) is 44.0 Å². The Balaban J connectivity index is 1.61. The summed E-state index contributed by atoms with van der Waals surface area (Å²) in [5, 5.41) is 12.0. The molecule has 0 radical (unpaired) electrons. The average molecular weight is 425 g/mol. The van der Waals surface area contributed by atoms with Crippen LogP contribution in [0.3, 0.4) is 0 Å². The maximum Gasteiger partial charge on any atom is 0.254 e. The second-order valence-corrected chi connectivity index (χ2v) is 7.26. The van der Waals surface area contributed by atoms with E-state index >= 15 is 0 Å². The first kappa shape index (κ1) is 22.1. The standard InChI is InChI=1S/C23H24FN3O4/c1-30-17-11-16(12-18(13-17)31-2)23(29)27-9-7-15(8-10-27)22(28)26-21(14-25)19-5-3-4-6-20(19)24/h3-6,11-13,15,21H,7-10H2,1-2H3,(H,26,28). The summed E-state index contributed by atoms with van der Waals surface area (Å²) in [4.78, 5) is 27.2. The van der Waals surface area contributed by atoms with Crippen molar-refractivity contribution >= 4 is 11.8 Å². The molecule has 1 N–H and O–H groups in total. The average Bonchev–Trinajstić information content (AvgIpc) is 2.82. The van der Waals surface area contributed by atoms with Crippen LogP contribution in [0.2, 0.25) is 0 Å². The second-order valence-electron chi connectivity index (χ2n) is 7.26. The third-order valence-corrected chi connectivity index (χ3v) is 5.38. The monoisotopic (exact) mass is 425 g/mol. The van der Waals surface area contributed by atoms with E-state index in [4.69, 9.17) is 9.47 Å². The lowest BCUT2D eigenvalue weighted by Gasteiger charge is -2.32. The summed E-state index contributed by atoms with van der Waals surface area (Å²) < 4.78 is 24.4. The van der Waals surface area contributed by atoms with Gasteiger partial charge in [-0.05, 0) is 31.0 Å². The molecule has 1 atom stereocenters. The molecule has 1 aliphatic heterocycles. The summed E-state index contributed by atoms with van der Waals surface area (Å²) in [7, 11) is 3.03. The fourth-order valence-corrected chi connectivity index (χ4v) is 3.61. The Morgan fingerprint density at radius 1 is 1.13 bits per heavy atom. The highest BCUT2D eigenvalue weighted by Crippen LogP contribution is 2.26. The molecule has 0 bridgehead atoms. The Hall–Kier alpha value is -3.60. The smallest absolute Gasteiger partial charge is 0.254 e. The van der Waals surface area contributed by atoms with Crippen molar-refractivity contribution < 1.29 is 23.5 Å². The largest absolute Gasteiger partial charge is 0.497 e. The summed E-state index contributed by atoms with van der Waals surface area (Å²) >= 11 is 0. The molecule has 0 spiro atoms. The zero-order chi connectivity index (χ0) is 22.4. The van der Waals surface area contributed by atoms with E-state index in [1.165, 1.54) is 32.4 Å². The molecule has 31 heavy (non-hydrogen) atoms. The van der Waals surface area contributed by atoms with Crippen LogP contribution in [0.5, 0.6) is 11.5 Å². The van der Waals surface area contributed by atoms with Crippen LogP contribution in [0, 0.1) is 23.1 Å². The zero-order valence-corrected chi connectivity index (χ0v) is 17.4. The quantitative estimate of drug-likeness (QED) is 0.768. The van der Waals surface area contributed by atoms with Crippen molar-refractivity contribution in [3.05, 3.63) is 59.4 Å². The molecular weight excluding hydrogens is 401 g/mol. The van der Waals surface area contributed by atoms with E-state index in [2.05, 4.69) is 5.32 Å². The predicted molar refractivity (Wildman–Crippen MR) is 111 cm³/mol. The van der Waals surface area contributed by atoms with Crippen LogP contribution in [-0.2, 0) is 4.79 Å². The van der Waals surface area contributed by atoms with E-state index in [-0.39, 0.29) is 23.3 Å². The van der Waals surface area contributed by atoms with Crippen molar-refractivity contribution in [2.75, 3.05) is 27.3 Å². The number of hydrogen-bond acceptors (Lipinski definition) is 5. The highest BCUT2D eigenvalue weighted by atomic mass is 19.1. The van der Waals surface area contributed by atoms with Gasteiger partial charge in [0.25, 0.3) is 5.91 Å². The van der Waals surface area contributed by atoms with Crippen molar-refractivity contribution in [3.63, 3.8) is 0 Å². The second kappa shape index (κ2) is 9.94. The molecule has 1 saturated heterocycles. The molecule has 0 saturated carbocycles. The Morgan fingerprint density at radius 2 is 1.74 bits per heavy atom. The zero-order valence-electron chi connectivity index (χ0n) is 17.4. The first-order chi connectivity index (χ1) is 15.0. The normalized spacial score (nSPS) is 15.0. The van der Waals surface area contributed by atoms with Crippen molar-refractivity contribution in [3.8, 4) is 17.6 Å². The molecule has 0 aliphatic carbocycles. The molecular formula is C23H24FN3O4. The van der Waals surface area contributed by atoms with Gasteiger partial charge in [0.05, 0.1) is 20.3 Å². The number of methoxy groups -OCH3 is 2. The number of halogens is 1. The minimum absolute atomic E-state index is 0.137. The van der Waals surface area contributed by atoms with E-state index in [0.717, 1.165) is 0 Å². The number of benzene rings is 2. The fraction of sp³-hybridized carbons (Fsp3) is 0.348. The van der Waals surface area contributed by atoms with Crippen LogP contribution in [0.15, 0.2) is 42.5 Å².